The molecule has 2 aromatic rings. The van der Waals surface area contributed by atoms with E-state index in [1.54, 1.807) is 18.7 Å². The van der Waals surface area contributed by atoms with Crippen LogP contribution in [-0.2, 0) is 13.1 Å². The van der Waals surface area contributed by atoms with E-state index in [9.17, 15) is 0 Å². The van der Waals surface area contributed by atoms with E-state index in [2.05, 4.69) is 20.3 Å². The number of hydrogen-bond donors (Lipinski definition) is 1. The van der Waals surface area contributed by atoms with Gasteiger partial charge in [-0.3, -0.25) is 0 Å². The van der Waals surface area contributed by atoms with E-state index in [1.165, 1.54) is 6.33 Å². The van der Waals surface area contributed by atoms with Gasteiger partial charge in [0.05, 0.1) is 35.7 Å². The lowest BCUT2D eigenvalue weighted by Gasteiger charge is -2.14. The van der Waals surface area contributed by atoms with Crippen molar-refractivity contribution < 1.29 is 4.42 Å². The van der Waals surface area contributed by atoms with Crippen LogP contribution < -0.4 is 5.32 Å². The van der Waals surface area contributed by atoms with Gasteiger partial charge < -0.3 is 14.3 Å². The summed E-state index contributed by atoms with van der Waals surface area (Å²) in [5.74, 6) is 2.18. The molecule has 0 saturated heterocycles. The molecular formula is C17H13Cl2N5O. The maximum absolute atomic E-state index is 6.28. The molecule has 0 spiro atoms. The highest BCUT2D eigenvalue weighted by Gasteiger charge is 2.18. The van der Waals surface area contributed by atoms with Crippen LogP contribution in [0.3, 0.4) is 0 Å². The van der Waals surface area contributed by atoms with Gasteiger partial charge in [-0.25, -0.2) is 15.0 Å². The van der Waals surface area contributed by atoms with Gasteiger partial charge in [0, 0.05) is 0 Å². The highest BCUT2D eigenvalue weighted by molar-refractivity contribution is 6.42. The third-order valence-corrected chi connectivity index (χ3v) is 4.64. The van der Waals surface area contributed by atoms with Gasteiger partial charge in [0.1, 0.15) is 12.1 Å². The van der Waals surface area contributed by atoms with Crippen molar-refractivity contribution in [3.8, 4) is 11.5 Å². The van der Waals surface area contributed by atoms with Gasteiger partial charge in [-0.1, -0.05) is 35.3 Å². The highest BCUT2D eigenvalue weighted by Crippen LogP contribution is 2.29. The lowest BCUT2D eigenvalue weighted by molar-refractivity contribution is 0.517. The number of furan rings is 1. The van der Waals surface area contributed by atoms with Gasteiger partial charge >= 0.3 is 0 Å². The van der Waals surface area contributed by atoms with E-state index in [0.29, 0.717) is 40.5 Å². The van der Waals surface area contributed by atoms with Crippen LogP contribution in [0.5, 0.6) is 0 Å². The number of imidazole rings is 1. The van der Waals surface area contributed by atoms with E-state index in [1.807, 2.05) is 28.8 Å². The smallest absolute Gasteiger partial charge is 0.165 e. The summed E-state index contributed by atoms with van der Waals surface area (Å²) in [6.45, 7) is 1.02. The first kappa shape index (κ1) is 15.9. The van der Waals surface area contributed by atoms with Crippen molar-refractivity contribution >= 4 is 29.0 Å². The Hall–Kier alpha value is -2.57. The normalized spacial score (nSPS) is 11.1. The first-order valence-electron chi connectivity index (χ1n) is 7.57. The number of fused-ring (bicyclic) bond motifs is 1. The minimum absolute atomic E-state index is 0.500. The van der Waals surface area contributed by atoms with E-state index in [4.69, 9.17) is 27.6 Å². The molecule has 0 saturated carbocycles. The van der Waals surface area contributed by atoms with Gasteiger partial charge in [-0.15, -0.1) is 0 Å². The molecule has 0 unspecified atom stereocenters. The molecule has 126 valence electrons. The SMILES string of the molecule is Clc1cccc(Cn2cnc(NCc3ccco3)c3ncnc2-3)c1Cl. The van der Waals surface area contributed by atoms with E-state index in [-0.39, 0.29) is 0 Å². The van der Waals surface area contributed by atoms with Gasteiger partial charge in [0.2, 0.25) is 0 Å². The van der Waals surface area contributed by atoms with Crippen LogP contribution >= 0.6 is 23.2 Å². The van der Waals surface area contributed by atoms with Crippen LogP contribution in [0.25, 0.3) is 11.5 Å². The average molecular weight is 374 g/mol. The van der Waals surface area contributed by atoms with Crippen molar-refractivity contribution in [2.75, 3.05) is 5.32 Å². The number of nitrogens with zero attached hydrogens (tertiary/aromatic N) is 4. The molecule has 0 bridgehead atoms. The van der Waals surface area contributed by atoms with E-state index in [0.717, 1.165) is 11.3 Å². The first-order valence-corrected chi connectivity index (χ1v) is 8.33. The molecule has 4 rings (SSSR count). The zero-order chi connectivity index (χ0) is 17.2. The number of halogens is 2. The Morgan fingerprint density at radius 3 is 2.84 bits per heavy atom. The Kier molecular flexibility index (Phi) is 4.29. The van der Waals surface area contributed by atoms with Crippen molar-refractivity contribution in [1.82, 2.24) is 19.5 Å². The fraction of sp³-hybridized carbons (Fsp3) is 0.118. The summed E-state index contributed by atoms with van der Waals surface area (Å²) in [5, 5.41) is 4.27. The Morgan fingerprint density at radius 1 is 1.08 bits per heavy atom. The summed E-state index contributed by atoms with van der Waals surface area (Å²) in [4.78, 5) is 13.1. The Morgan fingerprint density at radius 2 is 2.00 bits per heavy atom. The average Bonchev–Trinajstić information content (AvgIpc) is 3.30. The topological polar surface area (TPSA) is 68.8 Å². The zero-order valence-corrected chi connectivity index (χ0v) is 14.5. The van der Waals surface area contributed by atoms with Crippen molar-refractivity contribution in [2.24, 2.45) is 0 Å². The van der Waals surface area contributed by atoms with Gasteiger partial charge in [0.15, 0.2) is 17.3 Å². The summed E-state index contributed by atoms with van der Waals surface area (Å²) in [5.41, 5.74) is 1.58. The lowest BCUT2D eigenvalue weighted by Crippen LogP contribution is -2.11. The summed E-state index contributed by atoms with van der Waals surface area (Å²) < 4.78 is 7.20. The summed E-state index contributed by atoms with van der Waals surface area (Å²) in [7, 11) is 0. The first-order chi connectivity index (χ1) is 12.2. The Bertz CT molecular complexity index is 967. The highest BCUT2D eigenvalue weighted by atomic mass is 35.5. The van der Waals surface area contributed by atoms with Crippen molar-refractivity contribution in [3.05, 3.63) is 70.6 Å². The maximum atomic E-state index is 6.28. The van der Waals surface area contributed by atoms with Crippen LogP contribution in [0.2, 0.25) is 10.0 Å². The summed E-state index contributed by atoms with van der Waals surface area (Å²) >= 11 is 12.4. The zero-order valence-electron chi connectivity index (χ0n) is 13.0. The summed E-state index contributed by atoms with van der Waals surface area (Å²) in [6.07, 6.45) is 4.86. The van der Waals surface area contributed by atoms with Crippen LogP contribution in [0.4, 0.5) is 5.82 Å². The summed E-state index contributed by atoms with van der Waals surface area (Å²) in [6, 6.07) is 9.29. The molecule has 2 aliphatic heterocycles. The molecule has 25 heavy (non-hydrogen) atoms. The number of nitrogens with one attached hydrogen (secondary N) is 1. The predicted molar refractivity (Wildman–Crippen MR) is 96.0 cm³/mol. The molecule has 2 aliphatic rings. The number of hydrogen-bond acceptors (Lipinski definition) is 5. The maximum Gasteiger partial charge on any atom is 0.165 e. The second kappa shape index (κ2) is 6.74. The number of anilines is 1. The van der Waals surface area contributed by atoms with Crippen LogP contribution in [-0.4, -0.2) is 19.5 Å². The largest absolute Gasteiger partial charge is 0.467 e. The Labute approximate surface area is 153 Å². The molecule has 8 heteroatoms. The molecule has 0 aliphatic carbocycles. The molecule has 1 aromatic heterocycles. The monoisotopic (exact) mass is 373 g/mol. The van der Waals surface area contributed by atoms with Crippen LogP contribution in [0.1, 0.15) is 11.3 Å². The minimum Gasteiger partial charge on any atom is -0.467 e. The standard InChI is InChI=1S/C17H13Cl2N5O/c18-13-5-1-3-11(14(13)19)8-24-10-23-16(15-17(24)22-9-21-15)20-7-12-4-2-6-25-12/h1-6,9-10,20H,7-8H2. The van der Waals surface area contributed by atoms with Crippen molar-refractivity contribution in [3.63, 3.8) is 0 Å². The quantitative estimate of drug-likeness (QED) is 0.563. The van der Waals surface area contributed by atoms with Gasteiger partial charge in [0.25, 0.3) is 0 Å². The predicted octanol–water partition coefficient (Wildman–Crippen LogP) is 4.34. The van der Waals surface area contributed by atoms with Crippen LogP contribution in [0, 0.1) is 0 Å². The van der Waals surface area contributed by atoms with Crippen LogP contribution in [0.15, 0.2) is 53.7 Å². The molecule has 0 amide bonds. The van der Waals surface area contributed by atoms with Gasteiger partial charge in [-0.05, 0) is 23.8 Å². The van der Waals surface area contributed by atoms with Crippen molar-refractivity contribution in [1.29, 1.82) is 0 Å². The number of aromatic nitrogens is 4. The molecule has 1 aromatic carbocycles. The Balaban J connectivity index is 1.62. The second-order valence-electron chi connectivity index (χ2n) is 5.41. The molecule has 6 nitrogen and oxygen atoms in total. The van der Waals surface area contributed by atoms with Gasteiger partial charge in [-0.2, -0.15) is 0 Å². The molecular weight excluding hydrogens is 361 g/mol. The number of benzene rings is 1. The molecule has 3 heterocycles. The van der Waals surface area contributed by atoms with Crippen molar-refractivity contribution in [2.45, 2.75) is 13.1 Å². The third kappa shape index (κ3) is 3.18. The fourth-order valence-corrected chi connectivity index (χ4v) is 2.94. The third-order valence-electron chi connectivity index (χ3n) is 3.78. The second-order valence-corrected chi connectivity index (χ2v) is 6.20. The molecule has 0 radical (unpaired) electrons. The molecule has 0 fully saturated rings. The minimum atomic E-state index is 0.500. The molecule has 0 atom stereocenters. The van der Waals surface area contributed by atoms with E-state index >= 15 is 0 Å². The number of rotatable bonds is 5. The van der Waals surface area contributed by atoms with E-state index < -0.39 is 0 Å². The molecule has 1 N–H and O–H groups in total. The lowest BCUT2D eigenvalue weighted by atomic mass is 10.2. The fourth-order valence-electron chi connectivity index (χ4n) is 2.56.